The van der Waals surface area contributed by atoms with Gasteiger partial charge in [-0.2, -0.15) is 5.10 Å². The highest BCUT2D eigenvalue weighted by Crippen LogP contribution is 2.24. The minimum Gasteiger partial charge on any atom is -0.323 e. The third-order valence-corrected chi connectivity index (χ3v) is 3.01. The van der Waals surface area contributed by atoms with Crippen LogP contribution in [-0.2, 0) is 4.79 Å². The van der Waals surface area contributed by atoms with E-state index >= 15 is 0 Å². The maximum Gasteiger partial charge on any atom is 0.249 e. The van der Waals surface area contributed by atoms with Crippen molar-refractivity contribution >= 4 is 23.2 Å². The highest BCUT2D eigenvalue weighted by molar-refractivity contribution is 6.34. The molecular weight excluding hydrogens is 254 g/mol. The second-order valence-corrected chi connectivity index (χ2v) is 4.18. The first-order chi connectivity index (χ1) is 8.59. The first kappa shape index (κ1) is 12.5. The Bertz CT molecular complexity index is 555. The second kappa shape index (κ2) is 5.14. The fourth-order valence-electron chi connectivity index (χ4n) is 1.42. The maximum atomic E-state index is 12.0. The van der Waals surface area contributed by atoms with Crippen molar-refractivity contribution in [2.75, 3.05) is 5.32 Å². The summed E-state index contributed by atoms with van der Waals surface area (Å²) in [7, 11) is 0. The zero-order valence-electron chi connectivity index (χ0n) is 9.96. The van der Waals surface area contributed by atoms with E-state index in [9.17, 15) is 4.79 Å². The lowest BCUT2D eigenvalue weighted by atomic mass is 10.3. The number of hydrogen-bond donors (Lipinski definition) is 1. The molecule has 0 spiro atoms. The molecule has 0 aromatic carbocycles. The Morgan fingerprint density at radius 3 is 3.00 bits per heavy atom. The van der Waals surface area contributed by atoms with Crippen LogP contribution in [0.5, 0.6) is 0 Å². The lowest BCUT2D eigenvalue weighted by Crippen LogP contribution is -2.24. The van der Waals surface area contributed by atoms with Crippen molar-refractivity contribution < 1.29 is 4.79 Å². The number of aryl methyl sites for hydroxylation is 1. The molecule has 0 radical (unpaired) electrons. The maximum absolute atomic E-state index is 12.0. The van der Waals surface area contributed by atoms with E-state index in [0.717, 1.165) is 0 Å². The van der Waals surface area contributed by atoms with Crippen molar-refractivity contribution in [2.45, 2.75) is 19.9 Å². The van der Waals surface area contributed by atoms with Gasteiger partial charge in [0.2, 0.25) is 5.91 Å². The number of anilines is 1. The smallest absolute Gasteiger partial charge is 0.249 e. The van der Waals surface area contributed by atoms with Gasteiger partial charge in [0.05, 0.1) is 16.4 Å². The Morgan fingerprint density at radius 2 is 2.33 bits per heavy atom. The molecule has 1 amide bonds. The Kier molecular flexibility index (Phi) is 3.57. The van der Waals surface area contributed by atoms with Crippen molar-refractivity contribution in [1.29, 1.82) is 0 Å². The first-order valence-electron chi connectivity index (χ1n) is 5.35. The van der Waals surface area contributed by atoms with E-state index in [1.807, 2.05) is 0 Å². The van der Waals surface area contributed by atoms with Gasteiger partial charge in [0.1, 0.15) is 18.7 Å². The van der Waals surface area contributed by atoms with Crippen LogP contribution in [0.15, 0.2) is 24.9 Å². The number of rotatable bonds is 3. The highest BCUT2D eigenvalue weighted by Gasteiger charge is 2.17. The molecule has 2 aromatic rings. The molecule has 0 saturated heterocycles. The minimum atomic E-state index is -0.461. The van der Waals surface area contributed by atoms with Crippen molar-refractivity contribution in [3.63, 3.8) is 0 Å². The molecule has 0 aliphatic rings. The van der Waals surface area contributed by atoms with E-state index in [1.54, 1.807) is 26.1 Å². The standard InChI is InChI=1S/C11H12ClN5O/c1-7-10(12)9(3-4-14-7)16-11(18)8(2)17-6-13-5-15-17/h3-6,8H,1-2H3,(H,14,16,18). The zero-order valence-corrected chi connectivity index (χ0v) is 10.7. The summed E-state index contributed by atoms with van der Waals surface area (Å²) in [4.78, 5) is 19.8. The van der Waals surface area contributed by atoms with Crippen LogP contribution in [0.1, 0.15) is 18.7 Å². The zero-order chi connectivity index (χ0) is 13.1. The van der Waals surface area contributed by atoms with Crippen molar-refractivity contribution in [1.82, 2.24) is 19.7 Å². The van der Waals surface area contributed by atoms with Crippen LogP contribution in [0.2, 0.25) is 5.02 Å². The molecule has 0 bridgehead atoms. The summed E-state index contributed by atoms with van der Waals surface area (Å²) in [5.74, 6) is -0.215. The van der Waals surface area contributed by atoms with Crippen LogP contribution in [0.3, 0.4) is 0 Å². The summed E-state index contributed by atoms with van der Waals surface area (Å²) < 4.78 is 1.47. The van der Waals surface area contributed by atoms with Gasteiger partial charge < -0.3 is 5.32 Å². The van der Waals surface area contributed by atoms with E-state index < -0.39 is 6.04 Å². The number of nitrogens with zero attached hydrogens (tertiary/aromatic N) is 4. The molecular formula is C11H12ClN5O. The van der Waals surface area contributed by atoms with Crippen molar-refractivity contribution in [3.05, 3.63) is 35.6 Å². The molecule has 2 rings (SSSR count). The minimum absolute atomic E-state index is 0.215. The summed E-state index contributed by atoms with van der Waals surface area (Å²) in [6.07, 6.45) is 4.47. The van der Waals surface area contributed by atoms with Crippen LogP contribution in [0.4, 0.5) is 5.69 Å². The Balaban J connectivity index is 2.14. The number of pyridine rings is 1. The quantitative estimate of drug-likeness (QED) is 0.919. The molecule has 1 atom stereocenters. The lowest BCUT2D eigenvalue weighted by molar-refractivity contribution is -0.119. The predicted molar refractivity (Wildman–Crippen MR) is 67.3 cm³/mol. The summed E-state index contributed by atoms with van der Waals surface area (Å²) in [5, 5.41) is 7.10. The van der Waals surface area contributed by atoms with Gasteiger partial charge in [-0.15, -0.1) is 0 Å². The Morgan fingerprint density at radius 1 is 1.56 bits per heavy atom. The van der Waals surface area contributed by atoms with Crippen molar-refractivity contribution in [2.24, 2.45) is 0 Å². The molecule has 0 fully saturated rings. The van der Waals surface area contributed by atoms with E-state index in [1.165, 1.54) is 17.3 Å². The first-order valence-corrected chi connectivity index (χ1v) is 5.73. The number of carbonyl (C=O) groups is 1. The predicted octanol–water partition coefficient (Wildman–Crippen LogP) is 1.83. The normalized spacial score (nSPS) is 12.2. The molecule has 1 N–H and O–H groups in total. The summed E-state index contributed by atoms with van der Waals surface area (Å²) >= 11 is 6.05. The van der Waals surface area contributed by atoms with Gasteiger partial charge in [-0.05, 0) is 19.9 Å². The monoisotopic (exact) mass is 265 g/mol. The topological polar surface area (TPSA) is 72.7 Å². The van der Waals surface area contributed by atoms with Crippen LogP contribution in [0.25, 0.3) is 0 Å². The van der Waals surface area contributed by atoms with Gasteiger partial charge in [0, 0.05) is 6.20 Å². The number of hydrogen-bond acceptors (Lipinski definition) is 4. The number of amides is 1. The highest BCUT2D eigenvalue weighted by atomic mass is 35.5. The largest absolute Gasteiger partial charge is 0.323 e. The molecule has 0 saturated carbocycles. The Hall–Kier alpha value is -1.95. The fraction of sp³-hybridized carbons (Fsp3) is 0.273. The SMILES string of the molecule is Cc1nccc(NC(=O)C(C)n2cncn2)c1Cl. The third-order valence-electron chi connectivity index (χ3n) is 2.53. The molecule has 2 heterocycles. The van der Waals surface area contributed by atoms with E-state index in [0.29, 0.717) is 16.4 Å². The molecule has 0 aliphatic heterocycles. The van der Waals surface area contributed by atoms with Gasteiger partial charge in [-0.25, -0.2) is 9.67 Å². The van der Waals surface area contributed by atoms with Crippen LogP contribution < -0.4 is 5.32 Å². The third kappa shape index (κ3) is 2.48. The van der Waals surface area contributed by atoms with Crippen LogP contribution in [0, 0.1) is 6.92 Å². The number of halogens is 1. The molecule has 18 heavy (non-hydrogen) atoms. The summed E-state index contributed by atoms with van der Waals surface area (Å²) in [5.41, 5.74) is 1.21. The molecule has 2 aromatic heterocycles. The number of aromatic nitrogens is 4. The van der Waals surface area contributed by atoms with Gasteiger partial charge in [0.25, 0.3) is 0 Å². The summed E-state index contributed by atoms with van der Waals surface area (Å²) in [6.45, 7) is 3.50. The van der Waals surface area contributed by atoms with E-state index in [2.05, 4.69) is 20.4 Å². The fourth-order valence-corrected chi connectivity index (χ4v) is 1.58. The second-order valence-electron chi connectivity index (χ2n) is 3.80. The van der Waals surface area contributed by atoms with E-state index in [-0.39, 0.29) is 5.91 Å². The van der Waals surface area contributed by atoms with Gasteiger partial charge in [-0.1, -0.05) is 11.6 Å². The summed E-state index contributed by atoms with van der Waals surface area (Å²) in [6, 6.07) is 1.19. The molecule has 0 aliphatic carbocycles. The number of carbonyl (C=O) groups excluding carboxylic acids is 1. The Labute approximate surface area is 109 Å². The van der Waals surface area contributed by atoms with Crippen molar-refractivity contribution in [3.8, 4) is 0 Å². The average Bonchev–Trinajstić information content (AvgIpc) is 2.87. The molecule has 6 nitrogen and oxygen atoms in total. The van der Waals surface area contributed by atoms with Gasteiger partial charge in [-0.3, -0.25) is 9.78 Å². The van der Waals surface area contributed by atoms with Gasteiger partial charge >= 0.3 is 0 Å². The molecule has 7 heteroatoms. The number of nitrogens with one attached hydrogen (secondary N) is 1. The molecule has 94 valence electrons. The average molecular weight is 266 g/mol. The van der Waals surface area contributed by atoms with Gasteiger partial charge in [0.15, 0.2) is 0 Å². The van der Waals surface area contributed by atoms with Crippen LogP contribution >= 0.6 is 11.6 Å². The van der Waals surface area contributed by atoms with Crippen LogP contribution in [-0.4, -0.2) is 25.7 Å². The molecule has 1 unspecified atom stereocenters. The lowest BCUT2D eigenvalue weighted by Gasteiger charge is -2.13. The van der Waals surface area contributed by atoms with E-state index in [4.69, 9.17) is 11.6 Å².